The van der Waals surface area contributed by atoms with Crippen LogP contribution in [0, 0.1) is 0 Å². The molecule has 25 heavy (non-hydrogen) atoms. The molecule has 3 nitrogen and oxygen atoms in total. The molecule has 0 saturated carbocycles. The molecule has 0 radical (unpaired) electrons. The van der Waals surface area contributed by atoms with Crippen molar-refractivity contribution in [1.29, 1.82) is 0 Å². The van der Waals surface area contributed by atoms with E-state index in [2.05, 4.69) is 56.9 Å². The Bertz CT molecular complexity index is 659. The smallest absolute Gasteiger partial charge is 0.137 e. The number of ketones is 1. The summed E-state index contributed by atoms with van der Waals surface area (Å²) in [6, 6.07) is 12.3. The molecule has 3 heteroatoms. The van der Waals surface area contributed by atoms with E-state index in [0.29, 0.717) is 25.4 Å². The van der Waals surface area contributed by atoms with Gasteiger partial charge in [0.05, 0.1) is 12.8 Å². The Hall–Kier alpha value is -2.16. The monoisotopic (exact) mass is 339 g/mol. The highest BCUT2D eigenvalue weighted by molar-refractivity contribution is 5.81. The molecule has 0 aliphatic heterocycles. The normalized spacial score (nSPS) is 12.2. The molecule has 0 bridgehead atoms. The first-order valence-electron chi connectivity index (χ1n) is 9.18. The number of aromatic nitrogens is 1. The third-order valence-corrected chi connectivity index (χ3v) is 4.32. The van der Waals surface area contributed by atoms with Crippen molar-refractivity contribution in [3.63, 3.8) is 0 Å². The lowest BCUT2D eigenvalue weighted by molar-refractivity contribution is -0.118. The largest absolute Gasteiger partial charge is 0.492 e. The average molecular weight is 339 g/mol. The summed E-state index contributed by atoms with van der Waals surface area (Å²) < 4.78 is 5.55. The number of ether oxygens (including phenoxy) is 1. The molecule has 134 valence electrons. The Morgan fingerprint density at radius 2 is 1.80 bits per heavy atom. The number of hydrogen-bond donors (Lipinski definition) is 0. The fraction of sp³-hybridized carbons (Fsp3) is 0.455. The minimum absolute atomic E-state index is 0.114. The van der Waals surface area contributed by atoms with E-state index in [0.717, 1.165) is 23.4 Å². The minimum atomic E-state index is 0.114. The van der Waals surface area contributed by atoms with E-state index in [1.165, 1.54) is 5.56 Å². The van der Waals surface area contributed by atoms with E-state index >= 15 is 0 Å². The first kappa shape index (κ1) is 19.2. The van der Waals surface area contributed by atoms with Crippen LogP contribution in [-0.4, -0.2) is 17.4 Å². The lowest BCUT2D eigenvalue weighted by Crippen LogP contribution is -2.09. The van der Waals surface area contributed by atoms with Gasteiger partial charge in [0.15, 0.2) is 0 Å². The average Bonchev–Trinajstić information content (AvgIpc) is 2.60. The predicted molar refractivity (Wildman–Crippen MR) is 102 cm³/mol. The van der Waals surface area contributed by atoms with Crippen LogP contribution in [0.1, 0.15) is 69.2 Å². The lowest BCUT2D eigenvalue weighted by Gasteiger charge is -2.12. The van der Waals surface area contributed by atoms with Crippen LogP contribution in [0.15, 0.2) is 42.6 Å². The van der Waals surface area contributed by atoms with Crippen molar-refractivity contribution in [3.05, 3.63) is 59.4 Å². The fourth-order valence-corrected chi connectivity index (χ4v) is 2.75. The van der Waals surface area contributed by atoms with Crippen molar-refractivity contribution < 1.29 is 9.53 Å². The summed E-state index contributed by atoms with van der Waals surface area (Å²) in [7, 11) is 0. The van der Waals surface area contributed by atoms with Crippen LogP contribution >= 0.6 is 0 Å². The van der Waals surface area contributed by atoms with Gasteiger partial charge in [0.2, 0.25) is 0 Å². The second-order valence-electron chi connectivity index (χ2n) is 6.98. The van der Waals surface area contributed by atoms with Crippen LogP contribution in [0.3, 0.4) is 0 Å². The van der Waals surface area contributed by atoms with Gasteiger partial charge in [-0.25, -0.2) is 0 Å². The second kappa shape index (κ2) is 9.36. The molecule has 0 amide bonds. The molecule has 2 rings (SSSR count). The third kappa shape index (κ3) is 6.00. The first-order chi connectivity index (χ1) is 12.0. The molecule has 0 aliphatic rings. The number of nitrogens with zero attached hydrogens (tertiary/aromatic N) is 1. The Kier molecular flexibility index (Phi) is 7.17. The van der Waals surface area contributed by atoms with Gasteiger partial charge in [-0.1, -0.05) is 52.0 Å². The maximum atomic E-state index is 12.4. The Labute approximate surface area is 151 Å². The van der Waals surface area contributed by atoms with Gasteiger partial charge in [0.1, 0.15) is 11.5 Å². The summed E-state index contributed by atoms with van der Waals surface area (Å²) in [4.78, 5) is 16.8. The van der Waals surface area contributed by atoms with Crippen LogP contribution in [0.2, 0.25) is 0 Å². The summed E-state index contributed by atoms with van der Waals surface area (Å²) in [5.41, 5.74) is 3.32. The summed E-state index contributed by atoms with van der Waals surface area (Å²) in [5.74, 6) is 1.66. The highest BCUT2D eigenvalue weighted by atomic mass is 16.5. The van der Waals surface area contributed by atoms with Crippen molar-refractivity contribution in [3.8, 4) is 5.75 Å². The van der Waals surface area contributed by atoms with Gasteiger partial charge >= 0.3 is 0 Å². The molecule has 1 aromatic carbocycles. The summed E-state index contributed by atoms with van der Waals surface area (Å²) in [6.07, 6.45) is 3.72. The maximum absolute atomic E-state index is 12.4. The molecular weight excluding hydrogens is 310 g/mol. The SMILES string of the molecule is CCCOc1ccc([C@@H](C)CC(=O)Cc2ccc(C(C)C)cc2)nc1. The topological polar surface area (TPSA) is 39.2 Å². The number of rotatable bonds is 9. The molecule has 2 aromatic rings. The van der Waals surface area contributed by atoms with E-state index in [9.17, 15) is 4.79 Å². The third-order valence-electron chi connectivity index (χ3n) is 4.32. The zero-order valence-electron chi connectivity index (χ0n) is 15.8. The van der Waals surface area contributed by atoms with Crippen molar-refractivity contribution in [2.75, 3.05) is 6.61 Å². The summed E-state index contributed by atoms with van der Waals surface area (Å²) in [6.45, 7) is 9.17. The number of carbonyl (C=O) groups excluding carboxylic acids is 1. The van der Waals surface area contributed by atoms with Crippen LogP contribution in [-0.2, 0) is 11.2 Å². The number of hydrogen-bond acceptors (Lipinski definition) is 3. The van der Waals surface area contributed by atoms with Gasteiger partial charge in [-0.05, 0) is 35.6 Å². The Morgan fingerprint density at radius 1 is 1.08 bits per heavy atom. The zero-order valence-corrected chi connectivity index (χ0v) is 15.8. The molecule has 1 aromatic heterocycles. The number of carbonyl (C=O) groups is 1. The summed E-state index contributed by atoms with van der Waals surface area (Å²) in [5, 5.41) is 0. The van der Waals surface area contributed by atoms with E-state index in [1.54, 1.807) is 6.20 Å². The van der Waals surface area contributed by atoms with E-state index in [-0.39, 0.29) is 11.7 Å². The maximum Gasteiger partial charge on any atom is 0.137 e. The standard InChI is InChI=1S/C22H29NO2/c1-5-12-25-21-10-11-22(23-15-21)17(4)13-20(24)14-18-6-8-19(9-7-18)16(2)3/h6-11,15-17H,5,12-14H2,1-4H3/t17-/m0/s1. The highest BCUT2D eigenvalue weighted by Gasteiger charge is 2.13. The molecule has 0 saturated heterocycles. The molecule has 1 atom stereocenters. The van der Waals surface area contributed by atoms with Gasteiger partial charge in [0.25, 0.3) is 0 Å². The van der Waals surface area contributed by atoms with Gasteiger partial charge < -0.3 is 4.74 Å². The lowest BCUT2D eigenvalue weighted by atomic mass is 9.95. The van der Waals surface area contributed by atoms with Crippen LogP contribution in [0.5, 0.6) is 5.75 Å². The molecule has 0 aliphatic carbocycles. The van der Waals surface area contributed by atoms with E-state index in [4.69, 9.17) is 4.74 Å². The molecule has 0 unspecified atom stereocenters. The van der Waals surface area contributed by atoms with Crippen molar-refractivity contribution in [1.82, 2.24) is 4.98 Å². The number of Topliss-reactive ketones (excluding diaryl/α,β-unsaturated/α-hetero) is 1. The highest BCUT2D eigenvalue weighted by Crippen LogP contribution is 2.21. The van der Waals surface area contributed by atoms with Gasteiger partial charge in [-0.2, -0.15) is 0 Å². The van der Waals surface area contributed by atoms with Crippen molar-refractivity contribution >= 4 is 5.78 Å². The zero-order chi connectivity index (χ0) is 18.2. The predicted octanol–water partition coefficient (Wildman–Crippen LogP) is 5.30. The van der Waals surface area contributed by atoms with Gasteiger partial charge in [-0.15, -0.1) is 0 Å². The Balaban J connectivity index is 1.88. The van der Waals surface area contributed by atoms with E-state index in [1.807, 2.05) is 12.1 Å². The van der Waals surface area contributed by atoms with Crippen LogP contribution in [0.25, 0.3) is 0 Å². The second-order valence-corrected chi connectivity index (χ2v) is 6.98. The summed E-state index contributed by atoms with van der Waals surface area (Å²) >= 11 is 0. The van der Waals surface area contributed by atoms with Crippen LogP contribution < -0.4 is 4.74 Å². The van der Waals surface area contributed by atoms with Gasteiger partial charge in [-0.3, -0.25) is 9.78 Å². The van der Waals surface area contributed by atoms with Crippen LogP contribution in [0.4, 0.5) is 0 Å². The first-order valence-corrected chi connectivity index (χ1v) is 9.18. The number of pyridine rings is 1. The van der Waals surface area contributed by atoms with E-state index < -0.39 is 0 Å². The number of benzene rings is 1. The molecular formula is C22H29NO2. The molecule has 1 heterocycles. The fourth-order valence-electron chi connectivity index (χ4n) is 2.75. The Morgan fingerprint density at radius 3 is 2.36 bits per heavy atom. The van der Waals surface area contributed by atoms with Gasteiger partial charge in [0, 0.05) is 24.5 Å². The van der Waals surface area contributed by atoms with Crippen molar-refractivity contribution in [2.45, 2.75) is 58.8 Å². The molecule has 0 fully saturated rings. The quantitative estimate of drug-likeness (QED) is 0.622. The minimum Gasteiger partial charge on any atom is -0.492 e. The molecule has 0 N–H and O–H groups in total. The van der Waals surface area contributed by atoms with Crippen molar-refractivity contribution in [2.24, 2.45) is 0 Å². The molecule has 0 spiro atoms.